The molecule has 6 nitrogen and oxygen atoms in total. The van der Waals surface area contributed by atoms with Gasteiger partial charge >= 0.3 is 0 Å². The SMILES string of the molecule is Cl.Cl.Nc1nc2c(c(NC3CCCN(Cc4ccccc4)C3)n1)CCNCC2. The van der Waals surface area contributed by atoms with Crippen LogP contribution in [0.1, 0.15) is 29.7 Å². The lowest BCUT2D eigenvalue weighted by Crippen LogP contribution is -2.42. The van der Waals surface area contributed by atoms with Crippen molar-refractivity contribution in [3.8, 4) is 0 Å². The molecule has 2 aliphatic rings. The summed E-state index contributed by atoms with van der Waals surface area (Å²) in [6.07, 6.45) is 4.25. The fourth-order valence-corrected chi connectivity index (χ4v) is 4.04. The Hall–Kier alpha value is -1.60. The Morgan fingerprint density at radius 3 is 2.71 bits per heavy atom. The number of halogens is 2. The first kappa shape index (κ1) is 22.7. The average Bonchev–Trinajstić information content (AvgIpc) is 2.88. The summed E-state index contributed by atoms with van der Waals surface area (Å²) in [5, 5.41) is 7.13. The van der Waals surface area contributed by atoms with Crippen molar-refractivity contribution in [3.05, 3.63) is 47.2 Å². The zero-order valence-electron chi connectivity index (χ0n) is 16.1. The molecule has 4 rings (SSSR count). The Balaban J connectivity index is 0.00000140. The number of benzene rings is 1. The number of rotatable bonds is 4. The molecule has 8 heteroatoms. The minimum atomic E-state index is 0. The minimum absolute atomic E-state index is 0. The number of nitrogens with two attached hydrogens (primary N) is 1. The molecule has 2 aromatic rings. The normalized spacial score (nSPS) is 19.5. The molecule has 0 saturated carbocycles. The van der Waals surface area contributed by atoms with Crippen LogP contribution in [0.5, 0.6) is 0 Å². The summed E-state index contributed by atoms with van der Waals surface area (Å²) < 4.78 is 0. The quantitative estimate of drug-likeness (QED) is 0.699. The van der Waals surface area contributed by atoms with Gasteiger partial charge < -0.3 is 16.4 Å². The lowest BCUT2D eigenvalue weighted by Gasteiger charge is -2.34. The van der Waals surface area contributed by atoms with Crippen LogP contribution >= 0.6 is 24.8 Å². The van der Waals surface area contributed by atoms with Crippen LogP contribution < -0.4 is 16.4 Å². The van der Waals surface area contributed by atoms with E-state index in [-0.39, 0.29) is 24.8 Å². The summed E-state index contributed by atoms with van der Waals surface area (Å²) in [7, 11) is 0. The van der Waals surface area contributed by atoms with Gasteiger partial charge in [0, 0.05) is 37.7 Å². The van der Waals surface area contributed by atoms with E-state index in [1.54, 1.807) is 0 Å². The highest BCUT2D eigenvalue weighted by Gasteiger charge is 2.23. The van der Waals surface area contributed by atoms with Crippen LogP contribution in [-0.4, -0.2) is 47.1 Å². The number of likely N-dealkylation sites (tertiary alicyclic amines) is 1. The van der Waals surface area contributed by atoms with Gasteiger partial charge in [-0.25, -0.2) is 4.98 Å². The van der Waals surface area contributed by atoms with Crippen molar-refractivity contribution in [2.24, 2.45) is 0 Å². The first-order valence-corrected chi connectivity index (χ1v) is 9.67. The van der Waals surface area contributed by atoms with E-state index >= 15 is 0 Å². The van der Waals surface area contributed by atoms with Crippen LogP contribution in [0.2, 0.25) is 0 Å². The molecule has 0 amide bonds. The fraction of sp³-hybridized carbons (Fsp3) is 0.500. The minimum Gasteiger partial charge on any atom is -0.368 e. The Bertz CT molecular complexity index is 743. The third kappa shape index (κ3) is 5.70. The maximum atomic E-state index is 5.98. The molecule has 154 valence electrons. The number of fused-ring (bicyclic) bond motifs is 1. The second-order valence-corrected chi connectivity index (χ2v) is 7.31. The van der Waals surface area contributed by atoms with Crippen molar-refractivity contribution in [2.75, 3.05) is 37.2 Å². The molecule has 1 saturated heterocycles. The monoisotopic (exact) mass is 424 g/mol. The van der Waals surface area contributed by atoms with Crippen molar-refractivity contribution >= 4 is 36.6 Å². The number of anilines is 2. The van der Waals surface area contributed by atoms with Crippen molar-refractivity contribution < 1.29 is 0 Å². The average molecular weight is 425 g/mol. The van der Waals surface area contributed by atoms with Gasteiger partial charge in [-0.15, -0.1) is 24.8 Å². The predicted molar refractivity (Wildman–Crippen MR) is 120 cm³/mol. The third-order valence-corrected chi connectivity index (χ3v) is 5.30. The second kappa shape index (κ2) is 10.8. The van der Waals surface area contributed by atoms with E-state index in [1.165, 1.54) is 24.0 Å². The van der Waals surface area contributed by atoms with E-state index in [0.29, 0.717) is 12.0 Å². The Morgan fingerprint density at radius 2 is 1.89 bits per heavy atom. The van der Waals surface area contributed by atoms with Crippen LogP contribution in [-0.2, 0) is 19.4 Å². The van der Waals surface area contributed by atoms with Crippen molar-refractivity contribution in [1.82, 2.24) is 20.2 Å². The van der Waals surface area contributed by atoms with Crippen molar-refractivity contribution in [1.29, 1.82) is 0 Å². The number of hydrogen-bond acceptors (Lipinski definition) is 6. The van der Waals surface area contributed by atoms with E-state index < -0.39 is 0 Å². The predicted octanol–water partition coefficient (Wildman–Crippen LogP) is 2.67. The zero-order valence-corrected chi connectivity index (χ0v) is 17.7. The van der Waals surface area contributed by atoms with E-state index in [9.17, 15) is 0 Å². The molecule has 1 aromatic heterocycles. The highest BCUT2D eigenvalue weighted by molar-refractivity contribution is 5.85. The summed E-state index contributed by atoms with van der Waals surface area (Å²) in [5.74, 6) is 1.33. The van der Waals surface area contributed by atoms with Gasteiger partial charge in [0.25, 0.3) is 0 Å². The van der Waals surface area contributed by atoms with Crippen molar-refractivity contribution in [3.63, 3.8) is 0 Å². The Kier molecular flexibility index (Phi) is 8.76. The number of nitrogens with one attached hydrogen (secondary N) is 2. The lowest BCUT2D eigenvalue weighted by molar-refractivity contribution is 0.208. The number of nitrogens with zero attached hydrogens (tertiary/aromatic N) is 3. The van der Waals surface area contributed by atoms with Crippen LogP contribution in [0.4, 0.5) is 11.8 Å². The van der Waals surface area contributed by atoms with E-state index in [2.05, 4.69) is 55.8 Å². The van der Waals surface area contributed by atoms with E-state index in [1.807, 2.05) is 0 Å². The van der Waals surface area contributed by atoms with Crippen molar-refractivity contribution in [2.45, 2.75) is 38.3 Å². The van der Waals surface area contributed by atoms with Crippen LogP contribution in [0, 0.1) is 0 Å². The number of hydrogen-bond donors (Lipinski definition) is 3. The topological polar surface area (TPSA) is 79.1 Å². The van der Waals surface area contributed by atoms with Gasteiger partial charge in [-0.1, -0.05) is 30.3 Å². The molecule has 0 radical (unpaired) electrons. The maximum absolute atomic E-state index is 5.98. The zero-order chi connectivity index (χ0) is 17.8. The lowest BCUT2D eigenvalue weighted by atomic mass is 10.0. The number of nitrogen functional groups attached to an aromatic ring is 1. The molecular formula is C20H30Cl2N6. The van der Waals surface area contributed by atoms with E-state index in [4.69, 9.17) is 5.73 Å². The van der Waals surface area contributed by atoms with Gasteiger partial charge in [0.05, 0.1) is 5.69 Å². The summed E-state index contributed by atoms with van der Waals surface area (Å²) in [4.78, 5) is 11.5. The molecule has 0 spiro atoms. The summed E-state index contributed by atoms with van der Waals surface area (Å²) >= 11 is 0. The van der Waals surface area contributed by atoms with Gasteiger partial charge in [-0.05, 0) is 37.9 Å². The molecule has 0 bridgehead atoms. The molecule has 1 aromatic carbocycles. The smallest absolute Gasteiger partial charge is 0.222 e. The molecule has 3 heterocycles. The number of aromatic nitrogens is 2. The molecule has 1 fully saturated rings. The van der Waals surface area contributed by atoms with Crippen LogP contribution in [0.15, 0.2) is 30.3 Å². The first-order valence-electron chi connectivity index (χ1n) is 9.67. The Labute approximate surface area is 179 Å². The summed E-state index contributed by atoms with van der Waals surface area (Å²) in [5.41, 5.74) is 9.69. The molecular weight excluding hydrogens is 395 g/mol. The molecule has 28 heavy (non-hydrogen) atoms. The number of piperidine rings is 1. The highest BCUT2D eigenvalue weighted by Crippen LogP contribution is 2.23. The summed E-state index contributed by atoms with van der Waals surface area (Å²) in [6.45, 7) is 5.12. The van der Waals surface area contributed by atoms with Gasteiger partial charge in [0.1, 0.15) is 5.82 Å². The Morgan fingerprint density at radius 1 is 1.11 bits per heavy atom. The molecule has 1 atom stereocenters. The standard InChI is InChI=1S/C20H28N6.2ClH/c21-20-24-18-9-11-22-10-8-17(18)19(25-20)23-16-7-4-12-26(14-16)13-15-5-2-1-3-6-15;;/h1-3,5-6,16,22H,4,7-14H2,(H3,21,23,24,25);2*1H. The van der Waals surface area contributed by atoms with Crippen LogP contribution in [0.25, 0.3) is 0 Å². The van der Waals surface area contributed by atoms with E-state index in [0.717, 1.165) is 57.1 Å². The molecule has 1 unspecified atom stereocenters. The van der Waals surface area contributed by atoms with Gasteiger partial charge in [-0.3, -0.25) is 4.90 Å². The van der Waals surface area contributed by atoms with Gasteiger partial charge in [0.2, 0.25) is 5.95 Å². The summed E-state index contributed by atoms with van der Waals surface area (Å²) in [6, 6.07) is 11.1. The van der Waals surface area contributed by atoms with Gasteiger partial charge in [-0.2, -0.15) is 4.98 Å². The molecule has 2 aliphatic heterocycles. The highest BCUT2D eigenvalue weighted by atomic mass is 35.5. The van der Waals surface area contributed by atoms with Gasteiger partial charge in [0.15, 0.2) is 0 Å². The third-order valence-electron chi connectivity index (χ3n) is 5.30. The van der Waals surface area contributed by atoms with Crippen LogP contribution in [0.3, 0.4) is 0 Å². The largest absolute Gasteiger partial charge is 0.368 e. The molecule has 0 aliphatic carbocycles. The first-order chi connectivity index (χ1) is 12.8. The second-order valence-electron chi connectivity index (χ2n) is 7.31. The maximum Gasteiger partial charge on any atom is 0.222 e. The fourth-order valence-electron chi connectivity index (χ4n) is 4.04. The molecule has 4 N–H and O–H groups in total.